The van der Waals surface area contributed by atoms with Gasteiger partial charge in [0.15, 0.2) is 0 Å². The molecule has 1 aliphatic rings. The lowest BCUT2D eigenvalue weighted by molar-refractivity contribution is -0.143. The Kier molecular flexibility index (Phi) is 2.77. The second-order valence-electron chi connectivity index (χ2n) is 4.00. The van der Waals surface area contributed by atoms with Crippen LogP contribution in [0.4, 0.5) is 0 Å². The van der Waals surface area contributed by atoms with Crippen molar-refractivity contribution in [2.75, 3.05) is 0 Å². The molecule has 0 heterocycles. The van der Waals surface area contributed by atoms with Gasteiger partial charge in [0, 0.05) is 9.50 Å². The molecule has 0 amide bonds. The van der Waals surface area contributed by atoms with Crippen LogP contribution in [0.15, 0.2) is 22.7 Å². The van der Waals surface area contributed by atoms with Crippen LogP contribution in [0, 0.1) is 5.41 Å². The highest BCUT2D eigenvalue weighted by molar-refractivity contribution is 9.10. The molecule has 0 atom stereocenters. The van der Waals surface area contributed by atoms with Gasteiger partial charge in [-0.15, -0.1) is 0 Å². The second kappa shape index (κ2) is 3.80. The summed E-state index contributed by atoms with van der Waals surface area (Å²) in [4.78, 5) is 11.0. The summed E-state index contributed by atoms with van der Waals surface area (Å²) < 4.78 is 0.930. The fourth-order valence-corrected chi connectivity index (χ4v) is 2.24. The van der Waals surface area contributed by atoms with Crippen molar-refractivity contribution in [3.8, 4) is 0 Å². The largest absolute Gasteiger partial charge is 0.481 e. The van der Waals surface area contributed by atoms with E-state index < -0.39 is 11.4 Å². The fourth-order valence-electron chi connectivity index (χ4n) is 1.66. The Balaban J connectivity index is 2.24. The Morgan fingerprint density at radius 2 is 2.20 bits per heavy atom. The van der Waals surface area contributed by atoms with E-state index in [0.717, 1.165) is 22.9 Å². The zero-order valence-corrected chi connectivity index (χ0v) is 10.3. The maximum atomic E-state index is 11.0. The topological polar surface area (TPSA) is 37.3 Å². The second-order valence-corrected chi connectivity index (χ2v) is 5.29. The van der Waals surface area contributed by atoms with E-state index in [0.29, 0.717) is 11.4 Å². The quantitative estimate of drug-likeness (QED) is 0.924. The van der Waals surface area contributed by atoms with E-state index in [4.69, 9.17) is 16.7 Å². The Morgan fingerprint density at radius 3 is 2.73 bits per heavy atom. The molecule has 0 spiro atoms. The van der Waals surface area contributed by atoms with Gasteiger partial charge in [0.25, 0.3) is 0 Å². The number of rotatable bonds is 3. The molecule has 15 heavy (non-hydrogen) atoms. The predicted molar refractivity (Wildman–Crippen MR) is 62.2 cm³/mol. The zero-order chi connectivity index (χ0) is 11.1. The van der Waals surface area contributed by atoms with Crippen molar-refractivity contribution in [1.29, 1.82) is 0 Å². The van der Waals surface area contributed by atoms with Crippen LogP contribution in [0.25, 0.3) is 0 Å². The molecule has 1 N–H and O–H groups in total. The number of hydrogen-bond donors (Lipinski definition) is 1. The highest BCUT2D eigenvalue weighted by Crippen LogP contribution is 2.49. The molecule has 2 nitrogen and oxygen atoms in total. The summed E-state index contributed by atoms with van der Waals surface area (Å²) in [6.45, 7) is 0. The first-order valence-electron chi connectivity index (χ1n) is 4.71. The molecule has 0 aromatic heterocycles. The smallest absolute Gasteiger partial charge is 0.309 e. The third kappa shape index (κ3) is 2.18. The molecule has 4 heteroatoms. The van der Waals surface area contributed by atoms with E-state index in [1.807, 2.05) is 12.1 Å². The Hall–Kier alpha value is -0.540. The number of aliphatic carboxylic acids is 1. The van der Waals surface area contributed by atoms with Crippen LogP contribution in [0.3, 0.4) is 0 Å². The molecule has 1 fully saturated rings. The van der Waals surface area contributed by atoms with Gasteiger partial charge in [0.2, 0.25) is 0 Å². The van der Waals surface area contributed by atoms with Crippen molar-refractivity contribution in [2.24, 2.45) is 5.41 Å². The molecule has 80 valence electrons. The number of halogens is 2. The maximum absolute atomic E-state index is 11.0. The van der Waals surface area contributed by atoms with Gasteiger partial charge < -0.3 is 5.11 Å². The lowest BCUT2D eigenvalue weighted by Crippen LogP contribution is -2.17. The molecule has 1 aliphatic carbocycles. The third-order valence-corrected chi connectivity index (χ3v) is 3.85. The number of carboxylic acids is 1. The van der Waals surface area contributed by atoms with E-state index in [-0.39, 0.29) is 0 Å². The highest BCUT2D eigenvalue weighted by Gasteiger charge is 2.50. The minimum Gasteiger partial charge on any atom is -0.481 e. The SMILES string of the molecule is O=C(O)C1(Cc2cc(Cl)ccc2Br)CC1. The number of benzene rings is 1. The highest BCUT2D eigenvalue weighted by atomic mass is 79.9. The molecule has 0 saturated heterocycles. The number of carboxylic acid groups (broad SMARTS) is 1. The van der Waals surface area contributed by atoms with E-state index in [1.54, 1.807) is 6.07 Å². The Bertz CT molecular complexity index is 413. The first kappa shape index (κ1) is 11.0. The van der Waals surface area contributed by atoms with Gasteiger partial charge in [-0.2, -0.15) is 0 Å². The molecule has 0 radical (unpaired) electrons. The average molecular weight is 290 g/mol. The molecule has 0 bridgehead atoms. The molecule has 1 aromatic carbocycles. The van der Waals surface area contributed by atoms with E-state index >= 15 is 0 Å². The molecule has 1 aromatic rings. The molecular formula is C11H10BrClO2. The lowest BCUT2D eigenvalue weighted by Gasteiger charge is -2.11. The molecule has 1 saturated carbocycles. The molecular weight excluding hydrogens is 279 g/mol. The first-order valence-corrected chi connectivity index (χ1v) is 5.88. The normalized spacial score (nSPS) is 17.5. The third-order valence-electron chi connectivity index (χ3n) is 2.84. The molecule has 0 aliphatic heterocycles. The van der Waals surface area contributed by atoms with E-state index in [2.05, 4.69) is 15.9 Å². The summed E-state index contributed by atoms with van der Waals surface area (Å²) in [5.74, 6) is -0.700. The van der Waals surface area contributed by atoms with Gasteiger partial charge in [0.05, 0.1) is 5.41 Å². The van der Waals surface area contributed by atoms with Crippen LogP contribution in [-0.2, 0) is 11.2 Å². The maximum Gasteiger partial charge on any atom is 0.309 e. The van der Waals surface area contributed by atoms with Crippen molar-refractivity contribution in [2.45, 2.75) is 19.3 Å². The summed E-state index contributed by atoms with van der Waals surface area (Å²) in [5.41, 5.74) is 0.440. The van der Waals surface area contributed by atoms with Crippen molar-refractivity contribution >= 4 is 33.5 Å². The predicted octanol–water partition coefficient (Wildman–Crippen LogP) is 3.51. The van der Waals surface area contributed by atoms with Gasteiger partial charge >= 0.3 is 5.97 Å². The lowest BCUT2D eigenvalue weighted by atomic mass is 9.97. The number of carbonyl (C=O) groups is 1. The van der Waals surface area contributed by atoms with Gasteiger partial charge in [0.1, 0.15) is 0 Å². The average Bonchev–Trinajstić information content (AvgIpc) is 2.92. The first-order chi connectivity index (χ1) is 7.03. The van der Waals surface area contributed by atoms with Crippen LogP contribution in [0.1, 0.15) is 18.4 Å². The summed E-state index contributed by atoms with van der Waals surface area (Å²) in [6, 6.07) is 5.47. The van der Waals surface area contributed by atoms with Gasteiger partial charge in [-0.05, 0) is 43.0 Å². The van der Waals surface area contributed by atoms with Crippen LogP contribution >= 0.6 is 27.5 Å². The van der Waals surface area contributed by atoms with Crippen LogP contribution in [0.5, 0.6) is 0 Å². The van der Waals surface area contributed by atoms with Gasteiger partial charge in [-0.3, -0.25) is 4.79 Å². The fraction of sp³-hybridized carbons (Fsp3) is 0.364. The standard InChI is InChI=1S/C11H10BrClO2/c12-9-2-1-8(13)5-7(9)6-11(3-4-11)10(14)15/h1-2,5H,3-4,6H2,(H,14,15). The van der Waals surface area contributed by atoms with Crippen molar-refractivity contribution in [1.82, 2.24) is 0 Å². The Labute approximate surface area is 101 Å². The van der Waals surface area contributed by atoms with Gasteiger partial charge in [-0.1, -0.05) is 27.5 Å². The summed E-state index contributed by atoms with van der Waals surface area (Å²) in [5, 5.41) is 9.72. The monoisotopic (exact) mass is 288 g/mol. The van der Waals surface area contributed by atoms with Crippen molar-refractivity contribution < 1.29 is 9.90 Å². The van der Waals surface area contributed by atoms with E-state index in [1.165, 1.54) is 0 Å². The van der Waals surface area contributed by atoms with E-state index in [9.17, 15) is 4.79 Å². The molecule has 0 unspecified atom stereocenters. The summed E-state index contributed by atoms with van der Waals surface area (Å²) in [6.07, 6.45) is 2.09. The van der Waals surface area contributed by atoms with Gasteiger partial charge in [-0.25, -0.2) is 0 Å². The summed E-state index contributed by atoms with van der Waals surface area (Å²) >= 11 is 9.29. The minimum atomic E-state index is -0.700. The molecule has 2 rings (SSSR count). The summed E-state index contributed by atoms with van der Waals surface area (Å²) in [7, 11) is 0. The zero-order valence-electron chi connectivity index (χ0n) is 7.96. The van der Waals surface area contributed by atoms with Crippen LogP contribution in [0.2, 0.25) is 5.02 Å². The Morgan fingerprint density at radius 1 is 1.53 bits per heavy atom. The van der Waals surface area contributed by atoms with Crippen molar-refractivity contribution in [3.63, 3.8) is 0 Å². The number of hydrogen-bond acceptors (Lipinski definition) is 1. The minimum absolute atomic E-state index is 0.535. The van der Waals surface area contributed by atoms with Crippen LogP contribution < -0.4 is 0 Å². The van der Waals surface area contributed by atoms with Crippen molar-refractivity contribution in [3.05, 3.63) is 33.3 Å². The van der Waals surface area contributed by atoms with Crippen LogP contribution in [-0.4, -0.2) is 11.1 Å².